The molecule has 0 amide bonds. The molecule has 0 aromatic heterocycles. The first-order valence-electron chi connectivity index (χ1n) is 6.14. The third-order valence-corrected chi connectivity index (χ3v) is 3.34. The lowest BCUT2D eigenvalue weighted by Crippen LogP contribution is -2.36. The van der Waals surface area contributed by atoms with Crippen molar-refractivity contribution in [2.24, 2.45) is 11.8 Å². The van der Waals surface area contributed by atoms with Crippen molar-refractivity contribution in [1.29, 1.82) is 0 Å². The predicted octanol–water partition coefficient (Wildman–Crippen LogP) is 2.86. The minimum absolute atomic E-state index is 0.124. The Balaban J connectivity index is 2.54. The van der Waals surface area contributed by atoms with Crippen LogP contribution in [-0.2, 0) is 9.53 Å². The number of carbonyl (C=O) groups is 1. The summed E-state index contributed by atoms with van der Waals surface area (Å²) in [5, 5.41) is 9.12. The Bertz CT molecular complexity index is 237. The smallest absolute Gasteiger partial charge is 0.309 e. The molecule has 3 unspecified atom stereocenters. The van der Waals surface area contributed by atoms with E-state index in [9.17, 15) is 4.79 Å². The van der Waals surface area contributed by atoms with E-state index >= 15 is 0 Å². The fraction of sp³-hybridized carbons (Fsp3) is 0.769. The maximum absolute atomic E-state index is 11.1. The van der Waals surface area contributed by atoms with E-state index in [-0.39, 0.29) is 12.0 Å². The van der Waals surface area contributed by atoms with Gasteiger partial charge in [0, 0.05) is 0 Å². The van der Waals surface area contributed by atoms with Crippen molar-refractivity contribution in [1.82, 2.24) is 0 Å². The van der Waals surface area contributed by atoms with Crippen molar-refractivity contribution in [3.8, 4) is 0 Å². The monoisotopic (exact) mass is 226 g/mol. The van der Waals surface area contributed by atoms with E-state index in [4.69, 9.17) is 9.84 Å². The van der Waals surface area contributed by atoms with Gasteiger partial charge in [0.2, 0.25) is 0 Å². The van der Waals surface area contributed by atoms with Crippen LogP contribution in [0.2, 0.25) is 0 Å². The van der Waals surface area contributed by atoms with Gasteiger partial charge < -0.3 is 9.84 Å². The fourth-order valence-corrected chi connectivity index (χ4v) is 2.54. The number of ether oxygens (including phenoxy) is 1. The minimum Gasteiger partial charge on any atom is -0.481 e. The van der Waals surface area contributed by atoms with Crippen molar-refractivity contribution < 1.29 is 14.6 Å². The van der Waals surface area contributed by atoms with Crippen LogP contribution in [0.15, 0.2) is 12.7 Å². The summed E-state index contributed by atoms with van der Waals surface area (Å²) >= 11 is 0. The molecule has 0 spiro atoms. The van der Waals surface area contributed by atoms with E-state index in [0.29, 0.717) is 12.5 Å². The van der Waals surface area contributed by atoms with Crippen molar-refractivity contribution >= 4 is 5.97 Å². The van der Waals surface area contributed by atoms with E-state index in [1.165, 1.54) is 6.42 Å². The van der Waals surface area contributed by atoms with Crippen LogP contribution >= 0.6 is 0 Å². The summed E-state index contributed by atoms with van der Waals surface area (Å²) in [6.45, 7) is 6.22. The Morgan fingerprint density at radius 2 is 2.31 bits per heavy atom. The van der Waals surface area contributed by atoms with Crippen LogP contribution in [0.25, 0.3) is 0 Å². The van der Waals surface area contributed by atoms with Crippen LogP contribution in [0, 0.1) is 11.8 Å². The molecule has 0 aromatic rings. The molecule has 16 heavy (non-hydrogen) atoms. The summed E-state index contributed by atoms with van der Waals surface area (Å²) in [6.07, 6.45) is 6.57. The van der Waals surface area contributed by atoms with Crippen LogP contribution in [-0.4, -0.2) is 23.8 Å². The molecule has 3 heteroatoms. The van der Waals surface area contributed by atoms with Crippen LogP contribution in [0.1, 0.15) is 39.0 Å². The first-order chi connectivity index (χ1) is 7.69. The minimum atomic E-state index is -0.719. The number of hydrogen-bond donors (Lipinski definition) is 1. The fourth-order valence-electron chi connectivity index (χ4n) is 2.54. The number of rotatable bonds is 6. The summed E-state index contributed by atoms with van der Waals surface area (Å²) in [7, 11) is 0. The molecule has 1 aliphatic rings. The highest BCUT2D eigenvalue weighted by atomic mass is 16.5. The van der Waals surface area contributed by atoms with E-state index in [1.54, 1.807) is 6.08 Å². The van der Waals surface area contributed by atoms with E-state index in [1.807, 2.05) is 0 Å². The average molecular weight is 226 g/mol. The molecule has 1 aliphatic carbocycles. The molecular weight excluding hydrogens is 204 g/mol. The largest absolute Gasteiger partial charge is 0.481 e. The molecule has 0 heterocycles. The number of aliphatic carboxylic acids is 1. The van der Waals surface area contributed by atoms with Gasteiger partial charge in [0.15, 0.2) is 0 Å². The highest BCUT2D eigenvalue weighted by molar-refractivity contribution is 5.70. The van der Waals surface area contributed by atoms with Crippen molar-refractivity contribution in [2.45, 2.75) is 45.1 Å². The molecule has 0 bridgehead atoms. The van der Waals surface area contributed by atoms with E-state index in [0.717, 1.165) is 25.7 Å². The molecule has 1 N–H and O–H groups in total. The molecule has 1 fully saturated rings. The number of hydrogen-bond acceptors (Lipinski definition) is 2. The van der Waals surface area contributed by atoms with Crippen LogP contribution in [0.4, 0.5) is 0 Å². The standard InChI is InChI=1S/C13H22O3/c1-3-5-10-6-7-11(13(14)15)12(9-10)16-8-4-2/h4,10-12H,2-3,5-9H2,1H3,(H,14,15). The zero-order chi connectivity index (χ0) is 12.0. The summed E-state index contributed by atoms with van der Waals surface area (Å²) in [4.78, 5) is 11.1. The first-order valence-corrected chi connectivity index (χ1v) is 6.14. The van der Waals surface area contributed by atoms with Crippen molar-refractivity contribution in [3.63, 3.8) is 0 Å². The van der Waals surface area contributed by atoms with Crippen LogP contribution < -0.4 is 0 Å². The molecule has 3 atom stereocenters. The summed E-state index contributed by atoms with van der Waals surface area (Å²) < 4.78 is 5.58. The number of carboxylic acid groups (broad SMARTS) is 1. The molecular formula is C13H22O3. The summed E-state index contributed by atoms with van der Waals surface area (Å²) in [5.74, 6) is -0.410. The summed E-state index contributed by atoms with van der Waals surface area (Å²) in [5.41, 5.74) is 0. The Morgan fingerprint density at radius 1 is 1.56 bits per heavy atom. The van der Waals surface area contributed by atoms with Gasteiger partial charge in [-0.15, -0.1) is 6.58 Å². The molecule has 92 valence electrons. The van der Waals surface area contributed by atoms with Crippen LogP contribution in [0.3, 0.4) is 0 Å². The van der Waals surface area contributed by atoms with E-state index < -0.39 is 5.97 Å². The van der Waals surface area contributed by atoms with Gasteiger partial charge in [-0.05, 0) is 25.2 Å². The highest BCUT2D eigenvalue weighted by Gasteiger charge is 2.35. The number of carboxylic acids is 1. The SMILES string of the molecule is C=CCOC1CC(CCC)CCC1C(=O)O. The van der Waals surface area contributed by atoms with Gasteiger partial charge in [-0.1, -0.05) is 25.8 Å². The maximum Gasteiger partial charge on any atom is 0.309 e. The van der Waals surface area contributed by atoms with Crippen molar-refractivity contribution in [2.75, 3.05) is 6.61 Å². The Hall–Kier alpha value is -0.830. The normalized spacial score (nSPS) is 29.9. The molecule has 0 saturated heterocycles. The lowest BCUT2D eigenvalue weighted by molar-refractivity contribution is -0.150. The first kappa shape index (κ1) is 13.2. The second kappa shape index (κ2) is 6.69. The van der Waals surface area contributed by atoms with E-state index in [2.05, 4.69) is 13.5 Å². The Labute approximate surface area is 97.5 Å². The molecule has 0 aromatic carbocycles. The quantitative estimate of drug-likeness (QED) is 0.708. The third kappa shape index (κ3) is 3.63. The Morgan fingerprint density at radius 3 is 2.88 bits per heavy atom. The molecule has 3 nitrogen and oxygen atoms in total. The second-order valence-electron chi connectivity index (χ2n) is 4.57. The van der Waals surface area contributed by atoms with Gasteiger partial charge in [-0.3, -0.25) is 4.79 Å². The molecule has 0 aliphatic heterocycles. The Kier molecular flexibility index (Phi) is 5.53. The van der Waals surface area contributed by atoms with Gasteiger partial charge in [-0.25, -0.2) is 0 Å². The van der Waals surface area contributed by atoms with Gasteiger partial charge in [0.1, 0.15) is 0 Å². The molecule has 1 rings (SSSR count). The zero-order valence-corrected chi connectivity index (χ0v) is 10.0. The lowest BCUT2D eigenvalue weighted by Gasteiger charge is -2.33. The van der Waals surface area contributed by atoms with Crippen molar-refractivity contribution in [3.05, 3.63) is 12.7 Å². The summed E-state index contributed by atoms with van der Waals surface area (Å²) in [6, 6.07) is 0. The lowest BCUT2D eigenvalue weighted by atomic mass is 9.78. The average Bonchev–Trinajstić information content (AvgIpc) is 2.26. The topological polar surface area (TPSA) is 46.5 Å². The van der Waals surface area contributed by atoms with Gasteiger partial charge in [0.05, 0.1) is 18.6 Å². The van der Waals surface area contributed by atoms with Gasteiger partial charge in [0.25, 0.3) is 0 Å². The molecule has 1 saturated carbocycles. The van der Waals surface area contributed by atoms with Gasteiger partial charge >= 0.3 is 5.97 Å². The second-order valence-corrected chi connectivity index (χ2v) is 4.57. The third-order valence-electron chi connectivity index (χ3n) is 3.34. The highest BCUT2D eigenvalue weighted by Crippen LogP contribution is 2.33. The predicted molar refractivity (Wildman–Crippen MR) is 63.3 cm³/mol. The van der Waals surface area contributed by atoms with Crippen LogP contribution in [0.5, 0.6) is 0 Å². The van der Waals surface area contributed by atoms with Gasteiger partial charge in [-0.2, -0.15) is 0 Å². The zero-order valence-electron chi connectivity index (χ0n) is 10.0. The maximum atomic E-state index is 11.1. The molecule has 0 radical (unpaired) electrons.